The molecule has 0 atom stereocenters. The van der Waals surface area contributed by atoms with Crippen molar-refractivity contribution in [2.24, 2.45) is 0 Å². The Labute approximate surface area is 120 Å². The van der Waals surface area contributed by atoms with Crippen molar-refractivity contribution >= 4 is 39.5 Å². The van der Waals surface area contributed by atoms with Crippen LogP contribution in [0, 0.1) is 0 Å². The maximum Gasteiger partial charge on any atom is 0.263 e. The number of benzene rings is 1. The van der Waals surface area contributed by atoms with E-state index in [2.05, 4.69) is 10.6 Å². The first-order valence-electron chi connectivity index (χ1n) is 5.70. The Balaban J connectivity index is 2.04. The number of nitrogens with two attached hydrogens (primary N) is 1. The number of hydrogen-bond acceptors (Lipinski definition) is 4. The smallest absolute Gasteiger partial charge is 0.263 e. The molecule has 4 nitrogen and oxygen atoms in total. The Kier molecular flexibility index (Phi) is 4.29. The van der Waals surface area contributed by atoms with Crippen molar-refractivity contribution in [3.63, 3.8) is 0 Å². The average Bonchev–Trinajstić information content (AvgIpc) is 2.78. The highest BCUT2D eigenvalue weighted by atomic mass is 35.5. The van der Waals surface area contributed by atoms with Crippen molar-refractivity contribution in [3.05, 3.63) is 45.8 Å². The molecule has 100 valence electrons. The minimum Gasteiger partial charge on any atom is -0.397 e. The summed E-state index contributed by atoms with van der Waals surface area (Å²) in [7, 11) is 1.59. The molecule has 0 saturated heterocycles. The molecule has 2 aromatic rings. The number of amides is 1. The lowest BCUT2D eigenvalue weighted by Gasteiger charge is -2.03. The first kappa shape index (κ1) is 13.7. The third-order valence-electron chi connectivity index (χ3n) is 2.57. The van der Waals surface area contributed by atoms with Crippen molar-refractivity contribution in [2.45, 2.75) is 6.54 Å². The van der Waals surface area contributed by atoms with Crippen molar-refractivity contribution in [2.75, 3.05) is 18.1 Å². The molecule has 0 aliphatic carbocycles. The number of anilines is 2. The molecule has 0 radical (unpaired) electrons. The number of carbonyl (C=O) groups excluding carboxylic acids is 1. The van der Waals surface area contributed by atoms with Crippen LogP contribution in [0.4, 0.5) is 10.7 Å². The van der Waals surface area contributed by atoms with Gasteiger partial charge in [0.1, 0.15) is 4.88 Å². The van der Waals surface area contributed by atoms with Crippen LogP contribution in [-0.4, -0.2) is 13.0 Å². The van der Waals surface area contributed by atoms with Crippen molar-refractivity contribution in [1.29, 1.82) is 0 Å². The minimum atomic E-state index is -0.165. The maximum absolute atomic E-state index is 11.5. The van der Waals surface area contributed by atoms with Crippen molar-refractivity contribution in [3.8, 4) is 0 Å². The second kappa shape index (κ2) is 5.95. The molecule has 0 aliphatic rings. The van der Waals surface area contributed by atoms with Crippen molar-refractivity contribution < 1.29 is 4.79 Å². The van der Waals surface area contributed by atoms with E-state index in [0.717, 1.165) is 10.6 Å². The average molecular weight is 296 g/mol. The van der Waals surface area contributed by atoms with Gasteiger partial charge < -0.3 is 16.4 Å². The Bertz CT molecular complexity index is 580. The van der Waals surface area contributed by atoms with E-state index < -0.39 is 0 Å². The summed E-state index contributed by atoms with van der Waals surface area (Å²) in [5, 5.41) is 7.38. The highest BCUT2D eigenvalue weighted by Gasteiger charge is 2.12. The summed E-state index contributed by atoms with van der Waals surface area (Å²) in [4.78, 5) is 12.1. The highest BCUT2D eigenvalue weighted by molar-refractivity contribution is 7.18. The number of halogens is 1. The van der Waals surface area contributed by atoms with Gasteiger partial charge in [-0.2, -0.15) is 0 Å². The molecule has 0 unspecified atom stereocenters. The van der Waals surface area contributed by atoms with Crippen LogP contribution in [0.3, 0.4) is 0 Å². The molecule has 1 heterocycles. The second-order valence-corrected chi connectivity index (χ2v) is 5.44. The fourth-order valence-corrected chi connectivity index (χ4v) is 2.62. The van der Waals surface area contributed by atoms with E-state index in [1.165, 1.54) is 11.3 Å². The van der Waals surface area contributed by atoms with Crippen LogP contribution < -0.4 is 16.4 Å². The van der Waals surface area contributed by atoms with E-state index >= 15 is 0 Å². The van der Waals surface area contributed by atoms with Gasteiger partial charge in [0.25, 0.3) is 5.91 Å². The van der Waals surface area contributed by atoms with Crippen LogP contribution in [0.2, 0.25) is 5.02 Å². The lowest BCUT2D eigenvalue weighted by molar-refractivity contribution is 0.0968. The zero-order chi connectivity index (χ0) is 13.8. The van der Waals surface area contributed by atoms with Gasteiger partial charge in [-0.05, 0) is 23.8 Å². The molecule has 2 rings (SSSR count). The number of rotatable bonds is 4. The lowest BCUT2D eigenvalue weighted by Crippen LogP contribution is -2.17. The van der Waals surface area contributed by atoms with E-state index in [9.17, 15) is 4.79 Å². The van der Waals surface area contributed by atoms with Gasteiger partial charge in [-0.3, -0.25) is 4.79 Å². The fourth-order valence-electron chi connectivity index (χ4n) is 1.57. The SMILES string of the molecule is CNC(=O)c1sc(NCc2ccc(Cl)cc2)cc1N. The number of hydrogen-bond donors (Lipinski definition) is 3. The zero-order valence-corrected chi connectivity index (χ0v) is 11.9. The topological polar surface area (TPSA) is 67.2 Å². The lowest BCUT2D eigenvalue weighted by atomic mass is 10.2. The minimum absolute atomic E-state index is 0.165. The summed E-state index contributed by atoms with van der Waals surface area (Å²) < 4.78 is 0. The Hall–Kier alpha value is -1.72. The summed E-state index contributed by atoms with van der Waals surface area (Å²) in [5.41, 5.74) is 7.40. The number of nitrogens with one attached hydrogen (secondary N) is 2. The molecule has 1 aromatic heterocycles. The van der Waals surface area contributed by atoms with Crippen LogP contribution in [-0.2, 0) is 6.54 Å². The summed E-state index contributed by atoms with van der Waals surface area (Å²) in [6.07, 6.45) is 0. The van der Waals surface area contributed by atoms with Crippen molar-refractivity contribution in [1.82, 2.24) is 5.32 Å². The molecular formula is C13H14ClN3OS. The van der Waals surface area contributed by atoms with Gasteiger partial charge in [0.05, 0.1) is 10.7 Å². The van der Waals surface area contributed by atoms with E-state index in [1.54, 1.807) is 13.1 Å². The van der Waals surface area contributed by atoms with Gasteiger partial charge in [-0.15, -0.1) is 11.3 Å². The Morgan fingerprint density at radius 1 is 1.37 bits per heavy atom. The first-order valence-corrected chi connectivity index (χ1v) is 6.89. The summed E-state index contributed by atoms with van der Waals surface area (Å²) >= 11 is 7.16. The molecule has 1 amide bonds. The van der Waals surface area contributed by atoms with Gasteiger partial charge in [0.2, 0.25) is 0 Å². The molecular weight excluding hydrogens is 282 g/mol. The standard InChI is InChI=1S/C13H14ClN3OS/c1-16-13(18)12-10(15)6-11(19-12)17-7-8-2-4-9(14)5-3-8/h2-6,17H,7,15H2,1H3,(H,16,18). The fraction of sp³-hybridized carbons (Fsp3) is 0.154. The normalized spacial score (nSPS) is 10.2. The first-order chi connectivity index (χ1) is 9.10. The van der Waals surface area contributed by atoms with Crippen LogP contribution in [0.1, 0.15) is 15.2 Å². The summed E-state index contributed by atoms with van der Waals surface area (Å²) in [6.45, 7) is 0.657. The van der Waals surface area contributed by atoms with Crippen LogP contribution in [0.25, 0.3) is 0 Å². The predicted molar refractivity (Wildman–Crippen MR) is 80.9 cm³/mol. The van der Waals surface area contributed by atoms with Gasteiger partial charge in [0.15, 0.2) is 0 Å². The molecule has 0 spiro atoms. The van der Waals surface area contributed by atoms with E-state index in [1.807, 2.05) is 24.3 Å². The zero-order valence-electron chi connectivity index (χ0n) is 10.4. The molecule has 0 saturated carbocycles. The molecule has 0 aliphatic heterocycles. The predicted octanol–water partition coefficient (Wildman–Crippen LogP) is 2.96. The maximum atomic E-state index is 11.5. The van der Waals surface area contributed by atoms with Gasteiger partial charge in [-0.25, -0.2) is 0 Å². The summed E-state index contributed by atoms with van der Waals surface area (Å²) in [6, 6.07) is 9.36. The van der Waals surface area contributed by atoms with Crippen LogP contribution in [0.15, 0.2) is 30.3 Å². The molecule has 0 bridgehead atoms. The number of nitrogen functional groups attached to an aromatic ring is 1. The molecule has 19 heavy (non-hydrogen) atoms. The molecule has 4 N–H and O–H groups in total. The third kappa shape index (κ3) is 3.39. The second-order valence-electron chi connectivity index (χ2n) is 3.95. The quantitative estimate of drug-likeness (QED) is 0.812. The van der Waals surface area contributed by atoms with Gasteiger partial charge in [-0.1, -0.05) is 23.7 Å². The number of carbonyl (C=O) groups is 1. The van der Waals surface area contributed by atoms with E-state index in [4.69, 9.17) is 17.3 Å². The van der Waals surface area contributed by atoms with Gasteiger partial charge >= 0.3 is 0 Å². The number of thiophene rings is 1. The van der Waals surface area contributed by atoms with E-state index in [-0.39, 0.29) is 5.91 Å². The molecule has 6 heteroatoms. The Morgan fingerprint density at radius 3 is 2.68 bits per heavy atom. The molecule has 1 aromatic carbocycles. The Morgan fingerprint density at radius 2 is 2.05 bits per heavy atom. The van der Waals surface area contributed by atoms with Crippen LogP contribution in [0.5, 0.6) is 0 Å². The van der Waals surface area contributed by atoms with Gasteiger partial charge in [0, 0.05) is 18.6 Å². The molecule has 0 fully saturated rings. The largest absolute Gasteiger partial charge is 0.397 e. The highest BCUT2D eigenvalue weighted by Crippen LogP contribution is 2.29. The van der Waals surface area contributed by atoms with Crippen LogP contribution >= 0.6 is 22.9 Å². The summed E-state index contributed by atoms with van der Waals surface area (Å²) in [5.74, 6) is -0.165. The van der Waals surface area contributed by atoms with E-state index in [0.29, 0.717) is 22.1 Å². The monoisotopic (exact) mass is 295 g/mol. The third-order valence-corrected chi connectivity index (χ3v) is 3.93.